The first kappa shape index (κ1) is 32.2. The predicted molar refractivity (Wildman–Crippen MR) is 245 cm³/mol. The molecule has 0 bridgehead atoms. The van der Waals surface area contributed by atoms with E-state index in [-0.39, 0.29) is 5.41 Å². The van der Waals surface area contributed by atoms with Crippen LogP contribution in [0.5, 0.6) is 0 Å². The third-order valence-electron chi connectivity index (χ3n) is 13.0. The third-order valence-corrected chi connectivity index (χ3v) is 13.0. The summed E-state index contributed by atoms with van der Waals surface area (Å²) in [6.45, 7) is 4.77. The number of rotatable bonds is 3. The summed E-state index contributed by atoms with van der Waals surface area (Å²) in [6.07, 6.45) is 0. The van der Waals surface area contributed by atoms with E-state index < -0.39 is 0 Å². The van der Waals surface area contributed by atoms with Crippen LogP contribution in [0.1, 0.15) is 25.0 Å². The topological polar surface area (TPSA) is 0 Å². The van der Waals surface area contributed by atoms with Crippen molar-refractivity contribution in [3.05, 3.63) is 205 Å². The molecule has 0 saturated carbocycles. The number of hydrogen-bond acceptors (Lipinski definition) is 0. The molecule has 11 aromatic carbocycles. The maximum Gasteiger partial charge on any atom is 0.0159 e. The number of benzene rings is 11. The maximum absolute atomic E-state index is 2.44. The Morgan fingerprint density at radius 2 is 0.649 bits per heavy atom. The van der Waals surface area contributed by atoms with Crippen molar-refractivity contribution in [1.29, 1.82) is 0 Å². The van der Waals surface area contributed by atoms with Crippen molar-refractivity contribution in [1.82, 2.24) is 0 Å². The predicted octanol–water partition coefficient (Wildman–Crippen LogP) is 15.9. The lowest BCUT2D eigenvalue weighted by atomic mass is 9.80. The van der Waals surface area contributed by atoms with Crippen molar-refractivity contribution in [2.75, 3.05) is 0 Å². The lowest BCUT2D eigenvalue weighted by Gasteiger charge is -2.23. The summed E-state index contributed by atoms with van der Waals surface area (Å²) in [6, 6.07) is 72.7. The first-order chi connectivity index (χ1) is 28.0. The molecule has 0 N–H and O–H groups in total. The van der Waals surface area contributed by atoms with E-state index in [4.69, 9.17) is 0 Å². The fourth-order valence-electron chi connectivity index (χ4n) is 10.1. The molecule has 266 valence electrons. The molecule has 0 fully saturated rings. The molecule has 0 spiro atoms. The molecule has 0 aromatic heterocycles. The second-order valence-electron chi connectivity index (χ2n) is 16.5. The van der Waals surface area contributed by atoms with Crippen LogP contribution in [0.3, 0.4) is 0 Å². The second kappa shape index (κ2) is 12.0. The van der Waals surface area contributed by atoms with Crippen LogP contribution in [0.25, 0.3) is 109 Å². The molecular formula is C57H38. The lowest BCUT2D eigenvalue weighted by molar-refractivity contribution is 0.661. The Kier molecular flexibility index (Phi) is 6.78. The zero-order chi connectivity index (χ0) is 37.8. The van der Waals surface area contributed by atoms with E-state index in [0.29, 0.717) is 0 Å². The smallest absolute Gasteiger partial charge is 0.0159 e. The Hall–Kier alpha value is -7.02. The molecule has 0 heteroatoms. The van der Waals surface area contributed by atoms with Crippen LogP contribution >= 0.6 is 0 Å². The Balaban J connectivity index is 0.933. The Labute approximate surface area is 332 Å². The zero-order valence-corrected chi connectivity index (χ0v) is 32.0. The molecular weight excluding hydrogens is 685 g/mol. The van der Waals surface area contributed by atoms with Gasteiger partial charge in [0.2, 0.25) is 0 Å². The summed E-state index contributed by atoms with van der Waals surface area (Å²) in [5.41, 5.74) is 12.9. The zero-order valence-electron chi connectivity index (χ0n) is 32.0. The SMILES string of the molecule is CC1(C)c2cc(-c3ccc4ccccc4c3)ccc2-c2ccc(-c3ccc4cc(-c5cc6c7ccccc7c7ccccc7c6c6ccccc56)ccc4c3)cc21. The van der Waals surface area contributed by atoms with Gasteiger partial charge in [-0.1, -0.05) is 172 Å². The van der Waals surface area contributed by atoms with Crippen molar-refractivity contribution in [2.45, 2.75) is 19.3 Å². The summed E-state index contributed by atoms with van der Waals surface area (Å²) < 4.78 is 0. The van der Waals surface area contributed by atoms with Gasteiger partial charge in [-0.25, -0.2) is 0 Å². The van der Waals surface area contributed by atoms with Gasteiger partial charge in [-0.2, -0.15) is 0 Å². The minimum Gasteiger partial charge on any atom is -0.0616 e. The molecule has 0 nitrogen and oxygen atoms in total. The quantitative estimate of drug-likeness (QED) is 0.159. The Morgan fingerprint density at radius 3 is 1.26 bits per heavy atom. The monoisotopic (exact) mass is 722 g/mol. The Bertz CT molecular complexity index is 3490. The van der Waals surface area contributed by atoms with Crippen LogP contribution in [0.4, 0.5) is 0 Å². The maximum atomic E-state index is 2.44. The van der Waals surface area contributed by atoms with Crippen molar-refractivity contribution in [3.8, 4) is 44.5 Å². The molecule has 0 aliphatic heterocycles. The van der Waals surface area contributed by atoms with Crippen LogP contribution in [0, 0.1) is 0 Å². The van der Waals surface area contributed by atoms with Crippen molar-refractivity contribution in [2.24, 2.45) is 0 Å². The summed E-state index contributed by atoms with van der Waals surface area (Å²) in [5, 5.41) is 15.5. The Morgan fingerprint density at radius 1 is 0.263 bits per heavy atom. The highest BCUT2D eigenvalue weighted by molar-refractivity contribution is 6.33. The lowest BCUT2D eigenvalue weighted by Crippen LogP contribution is -2.15. The van der Waals surface area contributed by atoms with Gasteiger partial charge in [0.1, 0.15) is 0 Å². The van der Waals surface area contributed by atoms with Crippen LogP contribution in [-0.2, 0) is 5.41 Å². The minimum atomic E-state index is -0.112. The van der Waals surface area contributed by atoms with Crippen molar-refractivity contribution in [3.63, 3.8) is 0 Å². The highest BCUT2D eigenvalue weighted by Crippen LogP contribution is 2.51. The molecule has 0 unspecified atom stereocenters. The van der Waals surface area contributed by atoms with Crippen LogP contribution in [0.2, 0.25) is 0 Å². The summed E-state index contributed by atoms with van der Waals surface area (Å²) in [4.78, 5) is 0. The fraction of sp³-hybridized carbons (Fsp3) is 0.0526. The molecule has 0 radical (unpaired) electrons. The molecule has 12 rings (SSSR count). The van der Waals surface area contributed by atoms with Gasteiger partial charge in [0.05, 0.1) is 0 Å². The minimum absolute atomic E-state index is 0.112. The van der Waals surface area contributed by atoms with Crippen molar-refractivity contribution < 1.29 is 0 Å². The first-order valence-electron chi connectivity index (χ1n) is 20.1. The van der Waals surface area contributed by atoms with E-state index >= 15 is 0 Å². The van der Waals surface area contributed by atoms with Crippen LogP contribution in [0.15, 0.2) is 194 Å². The van der Waals surface area contributed by atoms with Gasteiger partial charge in [0.25, 0.3) is 0 Å². The molecule has 11 aromatic rings. The highest BCUT2D eigenvalue weighted by Gasteiger charge is 2.36. The van der Waals surface area contributed by atoms with E-state index in [9.17, 15) is 0 Å². The summed E-state index contributed by atoms with van der Waals surface area (Å²) in [5.74, 6) is 0. The molecule has 0 heterocycles. The molecule has 0 atom stereocenters. The third kappa shape index (κ3) is 4.81. The highest BCUT2D eigenvalue weighted by atomic mass is 14.4. The standard InChI is InChI=1S/C57H38/c1-57(2)54-32-41(38-20-19-35-11-3-4-12-36(35)29-38)25-27-48(54)49-28-26-42(33-55(49)57)39-21-22-40-31-43(24-23-37(40)30-39)52-34-53-46-15-6-5-13-44(46)45-14-7-9-17-50(45)56(53)51-18-10-8-16-47(51)52/h3-34H,1-2H3. The van der Waals surface area contributed by atoms with Gasteiger partial charge in [0.15, 0.2) is 0 Å². The van der Waals surface area contributed by atoms with E-state index in [1.54, 1.807) is 0 Å². The van der Waals surface area contributed by atoms with Gasteiger partial charge in [0, 0.05) is 5.41 Å². The average molecular weight is 723 g/mol. The normalized spacial score (nSPS) is 13.2. The molecule has 0 amide bonds. The van der Waals surface area contributed by atoms with E-state index in [0.717, 1.165) is 0 Å². The summed E-state index contributed by atoms with van der Waals surface area (Å²) >= 11 is 0. The van der Waals surface area contributed by atoms with Crippen LogP contribution in [-0.4, -0.2) is 0 Å². The molecule has 1 aliphatic rings. The average Bonchev–Trinajstić information content (AvgIpc) is 3.50. The fourth-order valence-corrected chi connectivity index (χ4v) is 10.1. The van der Waals surface area contributed by atoms with Crippen LogP contribution < -0.4 is 0 Å². The summed E-state index contributed by atoms with van der Waals surface area (Å²) in [7, 11) is 0. The van der Waals surface area contributed by atoms with Gasteiger partial charge in [-0.15, -0.1) is 0 Å². The van der Waals surface area contributed by atoms with E-state index in [1.165, 1.54) is 120 Å². The molecule has 0 saturated heterocycles. The van der Waals surface area contributed by atoms with E-state index in [2.05, 4.69) is 208 Å². The van der Waals surface area contributed by atoms with Gasteiger partial charge < -0.3 is 0 Å². The van der Waals surface area contributed by atoms with E-state index in [1.807, 2.05) is 0 Å². The first-order valence-corrected chi connectivity index (χ1v) is 20.1. The molecule has 1 aliphatic carbocycles. The number of hydrogen-bond donors (Lipinski definition) is 0. The largest absolute Gasteiger partial charge is 0.0616 e. The molecule has 57 heavy (non-hydrogen) atoms. The number of fused-ring (bicyclic) bond motifs is 13. The van der Waals surface area contributed by atoms with Gasteiger partial charge >= 0.3 is 0 Å². The van der Waals surface area contributed by atoms with Gasteiger partial charge in [-0.3, -0.25) is 0 Å². The second-order valence-corrected chi connectivity index (χ2v) is 16.5. The van der Waals surface area contributed by atoms with Gasteiger partial charge in [-0.05, 0) is 157 Å². The van der Waals surface area contributed by atoms with Crippen molar-refractivity contribution >= 4 is 64.6 Å².